The fraction of sp³-hybridized carbons (Fsp3) is 0.533. The molecule has 0 aromatic heterocycles. The van der Waals surface area contributed by atoms with E-state index in [1.807, 2.05) is 0 Å². The zero-order valence-corrected chi connectivity index (χ0v) is 16.7. The molecule has 1 fully saturated rings. The Bertz CT molecular complexity index is 915. The Morgan fingerprint density at radius 2 is 1.63 bits per heavy atom. The first kappa shape index (κ1) is 22.0. The van der Waals surface area contributed by atoms with Crippen molar-refractivity contribution < 1.29 is 30.6 Å². The first-order valence-corrected chi connectivity index (χ1v) is 11.9. The van der Waals surface area contributed by atoms with Gasteiger partial charge in [0.2, 0.25) is 0 Å². The number of alkyl halides is 3. The highest BCUT2D eigenvalue weighted by Crippen LogP contribution is 2.30. The van der Waals surface area contributed by atoms with Crippen molar-refractivity contribution in [2.24, 2.45) is 4.36 Å². The van der Waals surface area contributed by atoms with Crippen LogP contribution in [0.4, 0.5) is 13.2 Å². The zero-order chi connectivity index (χ0) is 20.5. The van der Waals surface area contributed by atoms with Crippen LogP contribution in [0.15, 0.2) is 38.4 Å². The molecule has 1 amide bonds. The number of piperidine rings is 1. The SMILES string of the molecule is CCN=S(=O)(c1ccc(S(=O)(=O)Cl)cc1)C1CCN(C(=O)C(F)(F)F)CC1. The molecule has 1 saturated heterocycles. The van der Waals surface area contributed by atoms with E-state index in [1.54, 1.807) is 6.92 Å². The fourth-order valence-corrected chi connectivity index (χ4v) is 6.19. The van der Waals surface area contributed by atoms with Gasteiger partial charge in [0.05, 0.1) is 19.9 Å². The van der Waals surface area contributed by atoms with Crippen LogP contribution in [0.3, 0.4) is 0 Å². The largest absolute Gasteiger partial charge is 0.471 e. The maximum Gasteiger partial charge on any atom is 0.471 e. The highest BCUT2D eigenvalue weighted by Gasteiger charge is 2.44. The lowest BCUT2D eigenvalue weighted by molar-refractivity contribution is -0.186. The fourth-order valence-electron chi connectivity index (χ4n) is 2.92. The molecule has 0 N–H and O–H groups in total. The van der Waals surface area contributed by atoms with Crippen molar-refractivity contribution in [3.05, 3.63) is 24.3 Å². The first-order valence-electron chi connectivity index (χ1n) is 8.02. The van der Waals surface area contributed by atoms with E-state index >= 15 is 0 Å². The maximum atomic E-state index is 13.5. The number of rotatable bonds is 4. The summed E-state index contributed by atoms with van der Waals surface area (Å²) in [5.41, 5.74) is 0. The highest BCUT2D eigenvalue weighted by molar-refractivity contribution is 8.13. The van der Waals surface area contributed by atoms with Crippen molar-refractivity contribution in [2.75, 3.05) is 19.6 Å². The summed E-state index contributed by atoms with van der Waals surface area (Å²) in [6.07, 6.45) is -4.75. The van der Waals surface area contributed by atoms with Gasteiger partial charge < -0.3 is 4.90 Å². The second kappa shape index (κ2) is 7.96. The van der Waals surface area contributed by atoms with E-state index in [9.17, 15) is 30.6 Å². The Balaban J connectivity index is 2.27. The number of halogens is 4. The van der Waals surface area contributed by atoms with E-state index in [4.69, 9.17) is 10.7 Å². The van der Waals surface area contributed by atoms with Gasteiger partial charge >= 0.3 is 12.1 Å². The van der Waals surface area contributed by atoms with Gasteiger partial charge in [-0.2, -0.15) is 13.2 Å². The Labute approximate surface area is 160 Å². The molecule has 1 aliphatic heterocycles. The van der Waals surface area contributed by atoms with Gasteiger partial charge in [0.25, 0.3) is 9.05 Å². The van der Waals surface area contributed by atoms with Gasteiger partial charge in [-0.3, -0.25) is 4.79 Å². The van der Waals surface area contributed by atoms with Crippen LogP contribution >= 0.6 is 10.7 Å². The molecule has 2 rings (SSSR count). The van der Waals surface area contributed by atoms with Gasteiger partial charge in [-0.15, -0.1) is 0 Å². The first-order chi connectivity index (χ1) is 12.4. The number of hydrogen-bond acceptors (Lipinski definition) is 5. The number of nitrogens with zero attached hydrogens (tertiary/aromatic N) is 2. The average Bonchev–Trinajstić information content (AvgIpc) is 2.60. The number of benzene rings is 1. The Morgan fingerprint density at radius 3 is 2.04 bits per heavy atom. The molecule has 1 unspecified atom stereocenters. The summed E-state index contributed by atoms with van der Waals surface area (Å²) in [6, 6.07) is 5.13. The van der Waals surface area contributed by atoms with Crippen LogP contribution in [0.25, 0.3) is 0 Å². The second-order valence-corrected chi connectivity index (χ2v) is 11.0. The van der Waals surface area contributed by atoms with E-state index < -0.39 is 36.1 Å². The number of carbonyl (C=O) groups is 1. The van der Waals surface area contributed by atoms with Gasteiger partial charge in [-0.05, 0) is 44.0 Å². The zero-order valence-electron chi connectivity index (χ0n) is 14.3. The van der Waals surface area contributed by atoms with Crippen LogP contribution in [-0.2, 0) is 23.6 Å². The minimum absolute atomic E-state index is 0.0969. The van der Waals surface area contributed by atoms with E-state index in [0.29, 0.717) is 4.90 Å². The van der Waals surface area contributed by atoms with Crippen molar-refractivity contribution >= 4 is 35.4 Å². The van der Waals surface area contributed by atoms with Gasteiger partial charge in [0.1, 0.15) is 0 Å². The molecule has 6 nitrogen and oxygen atoms in total. The average molecular weight is 447 g/mol. The van der Waals surface area contributed by atoms with Crippen molar-refractivity contribution in [3.63, 3.8) is 0 Å². The standard InChI is InChI=1S/C15H18ClF3N2O4S2/c1-2-20-26(23,11-3-5-13(6-4-11)27(16,24)25)12-7-9-21(10-8-12)14(22)15(17,18)19/h3-6,12H,2,7-10H2,1H3. The molecule has 0 spiro atoms. The maximum absolute atomic E-state index is 13.5. The number of hydrogen-bond donors (Lipinski definition) is 0. The lowest BCUT2D eigenvalue weighted by Crippen LogP contribution is -2.47. The van der Waals surface area contributed by atoms with Crippen molar-refractivity contribution in [1.82, 2.24) is 4.90 Å². The summed E-state index contributed by atoms with van der Waals surface area (Å²) in [4.78, 5) is 12.2. The van der Waals surface area contributed by atoms with Crippen molar-refractivity contribution in [3.8, 4) is 0 Å². The summed E-state index contributed by atoms with van der Waals surface area (Å²) in [5, 5.41) is -0.548. The molecule has 0 aliphatic carbocycles. The van der Waals surface area contributed by atoms with Crippen LogP contribution in [0.1, 0.15) is 19.8 Å². The van der Waals surface area contributed by atoms with Crippen LogP contribution < -0.4 is 0 Å². The van der Waals surface area contributed by atoms with Gasteiger partial charge in [0, 0.05) is 35.2 Å². The van der Waals surface area contributed by atoms with Gasteiger partial charge in [-0.25, -0.2) is 17.0 Å². The van der Waals surface area contributed by atoms with Crippen LogP contribution in [0.5, 0.6) is 0 Å². The number of carbonyl (C=O) groups excluding carboxylic acids is 1. The molecule has 1 aromatic carbocycles. The normalized spacial score (nSPS) is 18.8. The minimum Gasteiger partial charge on any atom is -0.335 e. The van der Waals surface area contributed by atoms with Crippen LogP contribution in [0.2, 0.25) is 0 Å². The van der Waals surface area contributed by atoms with Crippen molar-refractivity contribution in [2.45, 2.75) is 41.0 Å². The third kappa shape index (κ3) is 4.94. The molecule has 12 heteroatoms. The molecule has 1 aromatic rings. The molecule has 0 bridgehead atoms. The molecular formula is C15H18ClF3N2O4S2. The van der Waals surface area contributed by atoms with E-state index in [-0.39, 0.29) is 42.3 Å². The summed E-state index contributed by atoms with van der Waals surface area (Å²) < 4.78 is 78.0. The van der Waals surface area contributed by atoms with Crippen LogP contribution in [-0.4, -0.2) is 54.5 Å². The third-order valence-electron chi connectivity index (χ3n) is 4.19. The van der Waals surface area contributed by atoms with Crippen LogP contribution in [0, 0.1) is 0 Å². The molecular weight excluding hydrogens is 429 g/mol. The molecule has 152 valence electrons. The number of likely N-dealkylation sites (tertiary alicyclic amines) is 1. The van der Waals surface area contributed by atoms with Gasteiger partial charge in [-0.1, -0.05) is 0 Å². The summed E-state index contributed by atoms with van der Waals surface area (Å²) in [6.45, 7) is 1.55. The lowest BCUT2D eigenvalue weighted by atomic mass is 10.1. The smallest absolute Gasteiger partial charge is 0.335 e. The molecule has 1 heterocycles. The topological polar surface area (TPSA) is 83.9 Å². The Hall–Kier alpha value is -1.33. The highest BCUT2D eigenvalue weighted by atomic mass is 35.7. The second-order valence-electron chi connectivity index (χ2n) is 5.91. The number of amides is 1. The molecule has 0 radical (unpaired) electrons. The quantitative estimate of drug-likeness (QED) is 0.665. The van der Waals surface area contributed by atoms with E-state index in [1.165, 1.54) is 24.3 Å². The van der Waals surface area contributed by atoms with Crippen molar-refractivity contribution in [1.29, 1.82) is 0 Å². The minimum atomic E-state index is -4.94. The summed E-state index contributed by atoms with van der Waals surface area (Å²) in [5.74, 6) is -1.91. The third-order valence-corrected chi connectivity index (χ3v) is 8.52. The molecule has 1 aliphatic rings. The Kier molecular flexibility index (Phi) is 6.48. The monoisotopic (exact) mass is 446 g/mol. The Morgan fingerprint density at radius 1 is 1.15 bits per heavy atom. The predicted molar refractivity (Wildman–Crippen MR) is 94.5 cm³/mol. The van der Waals surface area contributed by atoms with Gasteiger partial charge in [0.15, 0.2) is 0 Å². The predicted octanol–water partition coefficient (Wildman–Crippen LogP) is 3.01. The molecule has 0 saturated carbocycles. The summed E-state index contributed by atoms with van der Waals surface area (Å²) in [7, 11) is -1.67. The molecule has 1 atom stereocenters. The van der Waals surface area contributed by atoms with E-state index in [0.717, 1.165) is 0 Å². The molecule has 27 heavy (non-hydrogen) atoms. The van der Waals surface area contributed by atoms with E-state index in [2.05, 4.69) is 4.36 Å². The lowest BCUT2D eigenvalue weighted by Gasteiger charge is -2.33. The summed E-state index contributed by atoms with van der Waals surface area (Å²) >= 11 is 0.